The summed E-state index contributed by atoms with van der Waals surface area (Å²) < 4.78 is 0. The highest BCUT2D eigenvalue weighted by molar-refractivity contribution is 7.80. The molecule has 0 atom stereocenters. The van der Waals surface area contributed by atoms with Crippen LogP contribution in [0.2, 0.25) is 5.02 Å². The van der Waals surface area contributed by atoms with E-state index < -0.39 is 0 Å². The van der Waals surface area contributed by atoms with Crippen LogP contribution in [0.4, 0.5) is 0 Å². The van der Waals surface area contributed by atoms with Gasteiger partial charge in [0.2, 0.25) is 0 Å². The lowest BCUT2D eigenvalue weighted by Gasteiger charge is -2.05. The summed E-state index contributed by atoms with van der Waals surface area (Å²) in [6.07, 6.45) is 3.24. The second-order valence-electron chi connectivity index (χ2n) is 2.72. The van der Waals surface area contributed by atoms with Crippen molar-refractivity contribution in [2.24, 2.45) is 9.98 Å². The zero-order valence-electron chi connectivity index (χ0n) is 8.31. The highest BCUT2D eigenvalue weighted by Crippen LogP contribution is 2.29. The number of rotatable bonds is 3. The Labute approximate surface area is 99.8 Å². The normalized spacial score (nSPS) is 12.1. The number of aliphatic imine (C=N–C) groups is 2. The van der Waals surface area contributed by atoms with E-state index in [9.17, 15) is 0 Å². The number of thiol groups is 1. The van der Waals surface area contributed by atoms with E-state index in [1.807, 2.05) is 25.1 Å². The van der Waals surface area contributed by atoms with Gasteiger partial charge < -0.3 is 0 Å². The molecule has 0 N–H and O–H groups in total. The van der Waals surface area contributed by atoms with Crippen molar-refractivity contribution in [1.82, 2.24) is 0 Å². The third-order valence-electron chi connectivity index (χ3n) is 1.74. The molecule has 0 saturated carbocycles. The Balaban J connectivity index is 3.29. The SMILES string of the molecule is C=N/C=C(\N=CC)c1cccc(S)c1Cl. The van der Waals surface area contributed by atoms with Gasteiger partial charge in [-0.25, -0.2) is 0 Å². The summed E-state index contributed by atoms with van der Waals surface area (Å²) >= 11 is 10.3. The molecule has 0 heterocycles. The molecule has 0 radical (unpaired) electrons. The maximum atomic E-state index is 6.11. The van der Waals surface area contributed by atoms with Gasteiger partial charge in [-0.3, -0.25) is 9.98 Å². The standard InChI is InChI=1S/C11H11ClN2S/c1-3-14-9(7-13-2)8-5-4-6-10(15)11(8)12/h3-7,15H,2H2,1H3/b9-7-,14-3?. The van der Waals surface area contributed by atoms with E-state index in [1.165, 1.54) is 0 Å². The van der Waals surface area contributed by atoms with Crippen LogP contribution in [0.3, 0.4) is 0 Å². The molecular formula is C11H11ClN2S. The minimum Gasteiger partial charge on any atom is -0.270 e. The fourth-order valence-electron chi connectivity index (χ4n) is 1.12. The lowest BCUT2D eigenvalue weighted by molar-refractivity contribution is 1.39. The van der Waals surface area contributed by atoms with Gasteiger partial charge in [-0.2, -0.15) is 0 Å². The predicted molar refractivity (Wildman–Crippen MR) is 70.4 cm³/mol. The Hall–Kier alpha value is -1.06. The summed E-state index contributed by atoms with van der Waals surface area (Å²) in [5, 5.41) is 0.571. The lowest BCUT2D eigenvalue weighted by Crippen LogP contribution is -1.84. The second kappa shape index (κ2) is 5.73. The van der Waals surface area contributed by atoms with Crippen LogP contribution in [0, 0.1) is 0 Å². The molecule has 1 aromatic rings. The van der Waals surface area contributed by atoms with Gasteiger partial charge in [-0.05, 0) is 19.7 Å². The number of nitrogens with zero attached hydrogens (tertiary/aromatic N) is 2. The molecular weight excluding hydrogens is 228 g/mol. The third kappa shape index (κ3) is 2.94. The van der Waals surface area contributed by atoms with E-state index in [2.05, 4.69) is 29.3 Å². The number of hydrogen-bond acceptors (Lipinski definition) is 3. The van der Waals surface area contributed by atoms with Crippen molar-refractivity contribution in [3.63, 3.8) is 0 Å². The summed E-state index contributed by atoms with van der Waals surface area (Å²) in [6, 6.07) is 5.56. The van der Waals surface area contributed by atoms with Gasteiger partial charge in [-0.15, -0.1) is 12.6 Å². The van der Waals surface area contributed by atoms with E-state index in [0.717, 1.165) is 10.5 Å². The van der Waals surface area contributed by atoms with Gasteiger partial charge in [0.05, 0.1) is 16.9 Å². The van der Waals surface area contributed by atoms with Crippen molar-refractivity contribution in [3.05, 3.63) is 35.0 Å². The molecule has 0 spiro atoms. The molecule has 2 nitrogen and oxygen atoms in total. The fourth-order valence-corrected chi connectivity index (χ4v) is 1.54. The molecule has 1 rings (SSSR count). The van der Waals surface area contributed by atoms with Crippen LogP contribution in [-0.2, 0) is 0 Å². The number of benzene rings is 1. The fraction of sp³-hybridized carbons (Fsp3) is 0.0909. The summed E-state index contributed by atoms with van der Waals surface area (Å²) in [5.41, 5.74) is 1.48. The van der Waals surface area contributed by atoms with Crippen molar-refractivity contribution >= 4 is 42.9 Å². The van der Waals surface area contributed by atoms with Crippen molar-refractivity contribution in [3.8, 4) is 0 Å². The zero-order valence-corrected chi connectivity index (χ0v) is 9.96. The van der Waals surface area contributed by atoms with Gasteiger partial charge in [0, 0.05) is 16.7 Å². The van der Waals surface area contributed by atoms with Crippen LogP contribution < -0.4 is 0 Å². The highest BCUT2D eigenvalue weighted by atomic mass is 35.5. The lowest BCUT2D eigenvalue weighted by atomic mass is 10.2. The van der Waals surface area contributed by atoms with E-state index >= 15 is 0 Å². The molecule has 0 aliphatic carbocycles. The Kier molecular flexibility index (Phi) is 4.59. The molecule has 1 aromatic carbocycles. The molecule has 15 heavy (non-hydrogen) atoms. The number of hydrogen-bond donors (Lipinski definition) is 1. The van der Waals surface area contributed by atoms with Crippen LogP contribution in [0.5, 0.6) is 0 Å². The van der Waals surface area contributed by atoms with Crippen LogP contribution in [0.25, 0.3) is 5.70 Å². The van der Waals surface area contributed by atoms with Crippen LogP contribution >= 0.6 is 24.2 Å². The average Bonchev–Trinajstić information content (AvgIpc) is 2.22. The predicted octanol–water partition coefficient (Wildman–Crippen LogP) is 3.72. The van der Waals surface area contributed by atoms with Gasteiger partial charge in [0.15, 0.2) is 0 Å². The quantitative estimate of drug-likeness (QED) is 0.613. The van der Waals surface area contributed by atoms with E-state index in [-0.39, 0.29) is 0 Å². The van der Waals surface area contributed by atoms with E-state index in [1.54, 1.807) is 12.4 Å². The average molecular weight is 239 g/mol. The number of halogens is 1. The molecule has 0 aliphatic rings. The zero-order chi connectivity index (χ0) is 11.3. The van der Waals surface area contributed by atoms with E-state index in [0.29, 0.717) is 10.7 Å². The van der Waals surface area contributed by atoms with Crippen LogP contribution in [-0.4, -0.2) is 12.9 Å². The molecule has 0 aromatic heterocycles. The smallest absolute Gasteiger partial charge is 0.0895 e. The van der Waals surface area contributed by atoms with Gasteiger partial charge in [-0.1, -0.05) is 23.7 Å². The molecule has 0 aliphatic heterocycles. The molecule has 0 unspecified atom stereocenters. The Morgan fingerprint density at radius 1 is 1.53 bits per heavy atom. The van der Waals surface area contributed by atoms with Crippen LogP contribution in [0.15, 0.2) is 39.3 Å². The summed E-state index contributed by atoms with van der Waals surface area (Å²) in [4.78, 5) is 8.58. The topological polar surface area (TPSA) is 24.7 Å². The third-order valence-corrected chi connectivity index (χ3v) is 2.65. The maximum Gasteiger partial charge on any atom is 0.0895 e. The summed E-state index contributed by atoms with van der Waals surface area (Å²) in [6.45, 7) is 5.23. The molecule has 0 amide bonds. The second-order valence-corrected chi connectivity index (χ2v) is 3.58. The van der Waals surface area contributed by atoms with Gasteiger partial charge in [0.25, 0.3) is 0 Å². The summed E-state index contributed by atoms with van der Waals surface area (Å²) in [5.74, 6) is 0. The van der Waals surface area contributed by atoms with Crippen molar-refractivity contribution in [1.29, 1.82) is 0 Å². The molecule has 0 fully saturated rings. The van der Waals surface area contributed by atoms with Crippen molar-refractivity contribution in [2.75, 3.05) is 0 Å². The van der Waals surface area contributed by atoms with Crippen molar-refractivity contribution in [2.45, 2.75) is 11.8 Å². The Bertz CT molecular complexity index is 425. The Morgan fingerprint density at radius 3 is 2.87 bits per heavy atom. The van der Waals surface area contributed by atoms with E-state index in [4.69, 9.17) is 11.6 Å². The summed E-state index contributed by atoms with van der Waals surface area (Å²) in [7, 11) is 0. The minimum absolute atomic E-state index is 0.571. The minimum atomic E-state index is 0.571. The largest absolute Gasteiger partial charge is 0.270 e. The monoisotopic (exact) mass is 238 g/mol. The highest BCUT2D eigenvalue weighted by Gasteiger charge is 2.06. The first-order valence-corrected chi connectivity index (χ1v) is 5.15. The molecule has 78 valence electrons. The van der Waals surface area contributed by atoms with Crippen molar-refractivity contribution < 1.29 is 0 Å². The molecule has 0 saturated heterocycles. The Morgan fingerprint density at radius 2 is 2.27 bits per heavy atom. The first-order valence-electron chi connectivity index (χ1n) is 4.33. The molecule has 0 bridgehead atoms. The van der Waals surface area contributed by atoms with Gasteiger partial charge in [0.1, 0.15) is 0 Å². The van der Waals surface area contributed by atoms with Crippen LogP contribution in [0.1, 0.15) is 12.5 Å². The first-order chi connectivity index (χ1) is 7.20. The first kappa shape index (κ1) is 12.0. The maximum absolute atomic E-state index is 6.11. The molecule has 4 heteroatoms. The van der Waals surface area contributed by atoms with Gasteiger partial charge >= 0.3 is 0 Å².